The van der Waals surface area contributed by atoms with Crippen molar-refractivity contribution in [1.29, 1.82) is 0 Å². The molecule has 9 nitrogen and oxygen atoms in total. The van der Waals surface area contributed by atoms with E-state index in [-0.39, 0.29) is 30.5 Å². The van der Waals surface area contributed by atoms with Gasteiger partial charge in [0.05, 0.1) is 19.1 Å². The molecule has 0 saturated heterocycles. The van der Waals surface area contributed by atoms with Crippen LogP contribution in [0, 0.1) is 0 Å². The topological polar surface area (TPSA) is 106 Å². The molecule has 0 unspecified atom stereocenters. The average Bonchev–Trinajstić information content (AvgIpc) is 3.52. The zero-order chi connectivity index (χ0) is 28.1. The first-order valence-electron chi connectivity index (χ1n) is 12.3. The molecule has 3 aromatic carbocycles. The number of azo groups is 1. The standard InChI is InChI=1S/C29H26BrN5O4S/c1-38-23-11-6-20(7-12-23)17-35(18-21-8-13-24(39-2)14-9-21)40(36,37)26-5-3-4-25(22-10-15-27(30)31-16-22)28(26)29-32-19-33-34-29/h3-16H,17-19H2,1-2H3. The molecule has 11 heteroatoms. The van der Waals surface area contributed by atoms with Crippen molar-refractivity contribution in [2.75, 3.05) is 20.9 Å². The van der Waals surface area contributed by atoms with Crippen molar-refractivity contribution in [3.05, 3.63) is 106 Å². The monoisotopic (exact) mass is 619 g/mol. The maximum Gasteiger partial charge on any atom is 0.244 e. The van der Waals surface area contributed by atoms with Crippen LogP contribution in [0.5, 0.6) is 11.5 Å². The summed E-state index contributed by atoms with van der Waals surface area (Å²) in [7, 11) is -0.894. The van der Waals surface area contributed by atoms with Crippen molar-refractivity contribution in [1.82, 2.24) is 9.29 Å². The Kier molecular flexibility index (Phi) is 8.34. The van der Waals surface area contributed by atoms with Crippen LogP contribution in [0.4, 0.5) is 0 Å². The van der Waals surface area contributed by atoms with Crippen LogP contribution in [0.1, 0.15) is 16.7 Å². The minimum absolute atomic E-state index is 0.0922. The number of hydrogen-bond donors (Lipinski definition) is 0. The molecule has 0 aliphatic carbocycles. The van der Waals surface area contributed by atoms with Gasteiger partial charge in [-0.25, -0.2) is 18.4 Å². The molecule has 5 rings (SSSR count). The Morgan fingerprint density at radius 2 is 1.48 bits per heavy atom. The van der Waals surface area contributed by atoms with Crippen molar-refractivity contribution >= 4 is 31.8 Å². The highest BCUT2D eigenvalue weighted by Crippen LogP contribution is 2.34. The predicted molar refractivity (Wildman–Crippen MR) is 156 cm³/mol. The highest BCUT2D eigenvalue weighted by atomic mass is 79.9. The molecule has 1 aliphatic heterocycles. The Balaban J connectivity index is 1.63. The first kappa shape index (κ1) is 27.6. The summed E-state index contributed by atoms with van der Waals surface area (Å²) in [5, 5.41) is 8.18. The Labute approximate surface area is 241 Å². The Morgan fingerprint density at radius 3 is 1.98 bits per heavy atom. The van der Waals surface area contributed by atoms with Gasteiger partial charge in [-0.3, -0.25) is 0 Å². The van der Waals surface area contributed by atoms with Gasteiger partial charge in [-0.2, -0.15) is 9.42 Å². The number of aromatic nitrogens is 1. The molecule has 0 spiro atoms. The van der Waals surface area contributed by atoms with Crippen LogP contribution in [0.2, 0.25) is 0 Å². The van der Waals surface area contributed by atoms with Crippen LogP contribution in [-0.2, 0) is 23.1 Å². The Morgan fingerprint density at radius 1 is 0.850 bits per heavy atom. The van der Waals surface area contributed by atoms with Gasteiger partial charge in [0.2, 0.25) is 10.0 Å². The smallest absolute Gasteiger partial charge is 0.244 e. The second-order valence-corrected chi connectivity index (χ2v) is 11.6. The second-order valence-electron chi connectivity index (χ2n) is 8.88. The van der Waals surface area contributed by atoms with E-state index in [1.165, 1.54) is 4.31 Å². The van der Waals surface area contributed by atoms with E-state index in [1.54, 1.807) is 38.6 Å². The normalized spacial score (nSPS) is 12.9. The minimum Gasteiger partial charge on any atom is -0.497 e. The zero-order valence-corrected chi connectivity index (χ0v) is 24.3. The Hall–Kier alpha value is -3.93. The van der Waals surface area contributed by atoms with Gasteiger partial charge < -0.3 is 9.47 Å². The number of hydrogen-bond acceptors (Lipinski definition) is 8. The van der Waals surface area contributed by atoms with E-state index in [2.05, 4.69) is 36.1 Å². The highest BCUT2D eigenvalue weighted by Gasteiger charge is 2.31. The molecule has 40 heavy (non-hydrogen) atoms. The molecular weight excluding hydrogens is 594 g/mol. The van der Waals surface area contributed by atoms with Gasteiger partial charge >= 0.3 is 0 Å². The van der Waals surface area contributed by atoms with Crippen molar-refractivity contribution in [3.63, 3.8) is 0 Å². The summed E-state index contributed by atoms with van der Waals surface area (Å²) in [5.41, 5.74) is 3.39. The summed E-state index contributed by atoms with van der Waals surface area (Å²) in [6, 6.07) is 23.5. The fourth-order valence-electron chi connectivity index (χ4n) is 4.34. The first-order valence-corrected chi connectivity index (χ1v) is 14.6. The lowest BCUT2D eigenvalue weighted by atomic mass is 10.0. The fourth-order valence-corrected chi connectivity index (χ4v) is 6.20. The summed E-state index contributed by atoms with van der Waals surface area (Å²) >= 11 is 3.36. The van der Waals surface area contributed by atoms with Crippen LogP contribution >= 0.6 is 15.9 Å². The number of ether oxygens (including phenoxy) is 2. The molecule has 4 aromatic rings. The molecule has 0 amide bonds. The summed E-state index contributed by atoms with van der Waals surface area (Å²) in [5.74, 6) is 1.65. The lowest BCUT2D eigenvalue weighted by molar-refractivity contribution is 0.397. The molecule has 0 bridgehead atoms. The molecule has 0 saturated carbocycles. The number of sulfonamides is 1. The van der Waals surface area contributed by atoms with Crippen molar-refractivity contribution in [2.24, 2.45) is 15.2 Å². The average molecular weight is 621 g/mol. The third-order valence-electron chi connectivity index (χ3n) is 6.39. The number of amidine groups is 1. The molecule has 0 fully saturated rings. The van der Waals surface area contributed by atoms with E-state index >= 15 is 0 Å². The number of aliphatic imine (C=N–C) groups is 1. The van der Waals surface area contributed by atoms with Gasteiger partial charge in [0.1, 0.15) is 16.1 Å². The Bertz CT molecular complexity index is 1610. The summed E-state index contributed by atoms with van der Waals surface area (Å²) in [4.78, 5) is 8.82. The third kappa shape index (κ3) is 5.96. The van der Waals surface area contributed by atoms with E-state index in [1.807, 2.05) is 60.7 Å². The van der Waals surface area contributed by atoms with E-state index in [0.717, 1.165) is 16.7 Å². The van der Waals surface area contributed by atoms with E-state index < -0.39 is 10.0 Å². The van der Waals surface area contributed by atoms with Gasteiger partial charge in [-0.15, -0.1) is 5.11 Å². The molecular formula is C29H26BrN5O4S. The van der Waals surface area contributed by atoms with Gasteiger partial charge in [-0.05, 0) is 69.0 Å². The fraction of sp³-hybridized carbons (Fsp3) is 0.172. The molecule has 1 aromatic heterocycles. The molecule has 1 aliphatic rings. The van der Waals surface area contributed by atoms with Crippen molar-refractivity contribution in [3.8, 4) is 22.6 Å². The number of halogens is 1. The minimum atomic E-state index is -4.08. The van der Waals surface area contributed by atoms with Crippen LogP contribution in [0.15, 0.2) is 110 Å². The summed E-state index contributed by atoms with van der Waals surface area (Å²) in [6.07, 6.45) is 1.68. The van der Waals surface area contributed by atoms with Gasteiger partial charge in [0, 0.05) is 30.4 Å². The number of benzene rings is 3. The van der Waals surface area contributed by atoms with Crippen LogP contribution in [0.3, 0.4) is 0 Å². The van der Waals surface area contributed by atoms with Crippen LogP contribution in [-0.4, -0.2) is 44.4 Å². The zero-order valence-electron chi connectivity index (χ0n) is 21.9. The SMILES string of the molecule is COc1ccc(CN(Cc2ccc(OC)cc2)S(=O)(=O)c2cccc(-c3ccc(Br)nc3)c2C2=NCN=N2)cc1. The van der Waals surface area contributed by atoms with E-state index in [0.29, 0.717) is 27.2 Å². The molecule has 0 atom stereocenters. The summed E-state index contributed by atoms with van der Waals surface area (Å²) < 4.78 is 41.7. The largest absolute Gasteiger partial charge is 0.497 e. The van der Waals surface area contributed by atoms with Crippen molar-refractivity contribution in [2.45, 2.75) is 18.0 Å². The third-order valence-corrected chi connectivity index (χ3v) is 8.69. The van der Waals surface area contributed by atoms with Gasteiger partial charge in [0.25, 0.3) is 0 Å². The maximum atomic E-state index is 14.5. The molecule has 2 heterocycles. The van der Waals surface area contributed by atoms with Crippen LogP contribution in [0.25, 0.3) is 11.1 Å². The lowest BCUT2D eigenvalue weighted by Crippen LogP contribution is -2.31. The maximum absolute atomic E-state index is 14.5. The number of pyridine rings is 1. The van der Waals surface area contributed by atoms with E-state index in [9.17, 15) is 8.42 Å². The number of rotatable bonds is 10. The van der Waals surface area contributed by atoms with Crippen LogP contribution < -0.4 is 9.47 Å². The number of nitrogens with zero attached hydrogens (tertiary/aromatic N) is 5. The predicted octanol–water partition coefficient (Wildman–Crippen LogP) is 6.09. The highest BCUT2D eigenvalue weighted by molar-refractivity contribution is 9.10. The van der Waals surface area contributed by atoms with Crippen molar-refractivity contribution < 1.29 is 17.9 Å². The molecule has 204 valence electrons. The quantitative estimate of drug-likeness (QED) is 0.200. The summed E-state index contributed by atoms with van der Waals surface area (Å²) in [6.45, 7) is 0.412. The molecule has 0 radical (unpaired) electrons. The second kappa shape index (κ2) is 12.1. The lowest BCUT2D eigenvalue weighted by Gasteiger charge is -2.25. The van der Waals surface area contributed by atoms with Gasteiger partial charge in [0.15, 0.2) is 12.5 Å². The first-order chi connectivity index (χ1) is 19.4. The number of methoxy groups -OCH3 is 2. The molecule has 0 N–H and O–H groups in total. The van der Waals surface area contributed by atoms with Gasteiger partial charge in [-0.1, -0.05) is 42.5 Å². The van der Waals surface area contributed by atoms with E-state index in [4.69, 9.17) is 9.47 Å².